The van der Waals surface area contributed by atoms with Crippen LogP contribution in [0.15, 0.2) is 54.7 Å². The average Bonchev–Trinajstić information content (AvgIpc) is 2.63. The van der Waals surface area contributed by atoms with E-state index >= 15 is 0 Å². The number of aromatic nitrogens is 1. The number of hydrogen-bond donors (Lipinski definition) is 0. The Morgan fingerprint density at radius 3 is 2.44 bits per heavy atom. The summed E-state index contributed by atoms with van der Waals surface area (Å²) in [6.07, 6.45) is 1.95. The highest BCUT2D eigenvalue weighted by molar-refractivity contribution is 8.93. The Morgan fingerprint density at radius 1 is 1.00 bits per heavy atom. The fraction of sp³-hybridized carbons (Fsp3) is 0.200. The van der Waals surface area contributed by atoms with Crippen LogP contribution in [-0.4, -0.2) is 20.0 Å². The maximum absolute atomic E-state index is 12.7. The molecule has 2 aromatic carbocycles. The Kier molecular flexibility index (Phi) is 6.15. The van der Waals surface area contributed by atoms with E-state index < -0.39 is 0 Å². The van der Waals surface area contributed by atoms with Gasteiger partial charge in [0.05, 0.1) is 14.2 Å². The molecule has 0 radical (unpaired) electrons. The molecule has 4 nitrogen and oxygen atoms in total. The van der Waals surface area contributed by atoms with Gasteiger partial charge in [-0.2, -0.15) is 4.57 Å². The fourth-order valence-corrected chi connectivity index (χ4v) is 2.82. The predicted octanol–water partition coefficient (Wildman–Crippen LogP) is 3.91. The van der Waals surface area contributed by atoms with Crippen LogP contribution in [0, 0.1) is 6.92 Å². The standard InChI is InChI=1S/C20H20NO3.BrH/c1-14-10-11-21(17-7-5-4-6-16(14)17)13-18(22)15-8-9-19(23-2)20(12-15)24-3;/h4-12H,13H2,1-3H3;1H/q+1;. The number of nitrogens with zero attached hydrogens (tertiary/aromatic N) is 1. The number of para-hydroxylation sites is 1. The summed E-state index contributed by atoms with van der Waals surface area (Å²) >= 11 is 0. The molecular formula is C20H21BrNO3+. The van der Waals surface area contributed by atoms with Gasteiger partial charge >= 0.3 is 0 Å². The Morgan fingerprint density at radius 2 is 1.72 bits per heavy atom. The van der Waals surface area contributed by atoms with Crippen LogP contribution in [0.25, 0.3) is 10.9 Å². The summed E-state index contributed by atoms with van der Waals surface area (Å²) in [5, 5.41) is 1.15. The molecule has 0 saturated heterocycles. The number of fused-ring (bicyclic) bond motifs is 1. The van der Waals surface area contributed by atoms with Crippen LogP contribution in [0.5, 0.6) is 11.5 Å². The highest BCUT2D eigenvalue weighted by Crippen LogP contribution is 2.27. The molecule has 3 rings (SSSR count). The smallest absolute Gasteiger partial charge is 0.227 e. The number of halogens is 1. The van der Waals surface area contributed by atoms with Crippen LogP contribution in [0.4, 0.5) is 0 Å². The number of benzene rings is 2. The molecule has 0 aliphatic rings. The monoisotopic (exact) mass is 402 g/mol. The Balaban J connectivity index is 0.00000225. The van der Waals surface area contributed by atoms with Crippen LogP contribution < -0.4 is 14.0 Å². The van der Waals surface area contributed by atoms with E-state index in [-0.39, 0.29) is 29.3 Å². The molecule has 0 aliphatic carbocycles. The van der Waals surface area contributed by atoms with Gasteiger partial charge < -0.3 is 9.47 Å². The van der Waals surface area contributed by atoms with E-state index in [1.54, 1.807) is 32.4 Å². The summed E-state index contributed by atoms with van der Waals surface area (Å²) in [4.78, 5) is 12.7. The molecule has 0 amide bonds. The Labute approximate surface area is 157 Å². The third-order valence-electron chi connectivity index (χ3n) is 4.16. The van der Waals surface area contributed by atoms with Crippen LogP contribution in [0.1, 0.15) is 15.9 Å². The molecule has 0 saturated carbocycles. The third kappa shape index (κ3) is 3.82. The number of hydrogen-bond acceptors (Lipinski definition) is 3. The molecule has 130 valence electrons. The van der Waals surface area contributed by atoms with Crippen molar-refractivity contribution in [1.29, 1.82) is 0 Å². The summed E-state index contributed by atoms with van der Waals surface area (Å²) in [7, 11) is 3.14. The van der Waals surface area contributed by atoms with Crippen molar-refractivity contribution in [3.05, 3.63) is 65.9 Å². The van der Waals surface area contributed by atoms with E-state index in [0.717, 1.165) is 10.9 Å². The first kappa shape index (κ1) is 18.9. The van der Waals surface area contributed by atoms with Gasteiger partial charge in [-0.15, -0.1) is 17.0 Å². The zero-order valence-corrected chi connectivity index (χ0v) is 16.2. The maximum Gasteiger partial charge on any atom is 0.227 e. The number of pyridine rings is 1. The second kappa shape index (κ2) is 8.12. The molecule has 25 heavy (non-hydrogen) atoms. The minimum Gasteiger partial charge on any atom is -0.493 e. The summed E-state index contributed by atoms with van der Waals surface area (Å²) in [5.74, 6) is 1.19. The Bertz CT molecular complexity index is 909. The molecular weight excluding hydrogens is 382 g/mol. The fourth-order valence-electron chi connectivity index (χ4n) is 2.82. The molecule has 1 heterocycles. The first-order valence-corrected chi connectivity index (χ1v) is 7.77. The van der Waals surface area contributed by atoms with E-state index in [4.69, 9.17) is 9.47 Å². The number of aryl methyl sites for hydroxylation is 1. The normalized spacial score (nSPS) is 10.2. The molecule has 1 aromatic heterocycles. The molecule has 0 atom stereocenters. The second-order valence-electron chi connectivity index (χ2n) is 5.64. The van der Waals surface area contributed by atoms with Gasteiger partial charge in [0.15, 0.2) is 17.7 Å². The van der Waals surface area contributed by atoms with Crippen molar-refractivity contribution in [1.82, 2.24) is 0 Å². The number of ketones is 1. The quantitative estimate of drug-likeness (QED) is 0.479. The lowest BCUT2D eigenvalue weighted by molar-refractivity contribution is -0.657. The van der Waals surface area contributed by atoms with Crippen LogP contribution in [0.3, 0.4) is 0 Å². The van der Waals surface area contributed by atoms with Crippen molar-refractivity contribution in [3.8, 4) is 11.5 Å². The molecule has 0 aliphatic heterocycles. The van der Waals surface area contributed by atoms with Gasteiger partial charge in [0.25, 0.3) is 0 Å². The zero-order chi connectivity index (χ0) is 17.1. The minimum atomic E-state index is 0. The molecule has 0 fully saturated rings. The molecule has 0 N–H and O–H groups in total. The van der Waals surface area contributed by atoms with Crippen LogP contribution >= 0.6 is 17.0 Å². The van der Waals surface area contributed by atoms with Gasteiger partial charge in [-0.3, -0.25) is 4.79 Å². The van der Waals surface area contributed by atoms with Crippen LogP contribution in [0.2, 0.25) is 0 Å². The maximum atomic E-state index is 12.7. The van der Waals surface area contributed by atoms with Gasteiger partial charge in [-0.25, -0.2) is 0 Å². The first-order chi connectivity index (χ1) is 11.6. The zero-order valence-electron chi connectivity index (χ0n) is 14.5. The summed E-state index contributed by atoms with van der Waals surface area (Å²) in [5.41, 5.74) is 2.84. The van der Waals surface area contributed by atoms with E-state index in [1.165, 1.54) is 5.56 Å². The first-order valence-electron chi connectivity index (χ1n) is 7.77. The van der Waals surface area contributed by atoms with Crippen molar-refractivity contribution < 1.29 is 18.8 Å². The molecule has 0 bridgehead atoms. The lowest BCUT2D eigenvalue weighted by Gasteiger charge is -2.08. The SMILES string of the molecule is Br.COc1ccc(C(=O)C[n+]2ccc(C)c3ccccc32)cc1OC. The highest BCUT2D eigenvalue weighted by atomic mass is 79.9. The van der Waals surface area contributed by atoms with Crippen molar-refractivity contribution in [2.75, 3.05) is 14.2 Å². The van der Waals surface area contributed by atoms with Gasteiger partial charge in [0.1, 0.15) is 0 Å². The van der Waals surface area contributed by atoms with Crippen molar-refractivity contribution >= 4 is 33.7 Å². The van der Waals surface area contributed by atoms with Gasteiger partial charge in [-0.1, -0.05) is 12.1 Å². The van der Waals surface area contributed by atoms with E-state index in [9.17, 15) is 4.79 Å². The predicted molar refractivity (Wildman–Crippen MR) is 103 cm³/mol. The summed E-state index contributed by atoms with van der Waals surface area (Å²) < 4.78 is 12.5. The lowest BCUT2D eigenvalue weighted by Crippen LogP contribution is -2.38. The molecule has 3 aromatic rings. The van der Waals surface area contributed by atoms with Crippen molar-refractivity contribution in [2.45, 2.75) is 13.5 Å². The third-order valence-corrected chi connectivity index (χ3v) is 4.16. The van der Waals surface area contributed by atoms with Crippen molar-refractivity contribution in [2.24, 2.45) is 0 Å². The largest absolute Gasteiger partial charge is 0.493 e. The van der Waals surface area contributed by atoms with Crippen LogP contribution in [-0.2, 0) is 6.54 Å². The van der Waals surface area contributed by atoms with Gasteiger partial charge in [-0.05, 0) is 36.8 Å². The van der Waals surface area contributed by atoms with E-state index in [2.05, 4.69) is 13.0 Å². The highest BCUT2D eigenvalue weighted by Gasteiger charge is 2.17. The van der Waals surface area contributed by atoms with E-state index in [0.29, 0.717) is 17.1 Å². The van der Waals surface area contributed by atoms with Gasteiger partial charge in [0, 0.05) is 23.1 Å². The number of ether oxygens (including phenoxy) is 2. The molecule has 0 spiro atoms. The summed E-state index contributed by atoms with van der Waals surface area (Å²) in [6.45, 7) is 2.35. The average molecular weight is 403 g/mol. The number of carbonyl (C=O) groups excluding carboxylic acids is 1. The number of carbonyl (C=O) groups is 1. The Hall–Kier alpha value is -2.40. The lowest BCUT2D eigenvalue weighted by atomic mass is 10.1. The topological polar surface area (TPSA) is 39.4 Å². The summed E-state index contributed by atoms with van der Waals surface area (Å²) in [6, 6.07) is 15.4. The second-order valence-corrected chi connectivity index (χ2v) is 5.64. The van der Waals surface area contributed by atoms with E-state index in [1.807, 2.05) is 35.0 Å². The number of methoxy groups -OCH3 is 2. The minimum absolute atomic E-state index is 0. The van der Waals surface area contributed by atoms with Gasteiger partial charge in [0.2, 0.25) is 17.8 Å². The number of Topliss-reactive ketones (excluding diaryl/α,β-unsaturated/α-hetero) is 1. The molecule has 0 unspecified atom stereocenters. The number of rotatable bonds is 5. The molecule has 5 heteroatoms. The van der Waals surface area contributed by atoms with Crippen molar-refractivity contribution in [3.63, 3.8) is 0 Å².